The Morgan fingerprint density at radius 2 is 1.73 bits per heavy atom. The number of aryl methyl sites for hydroxylation is 1. The Morgan fingerprint density at radius 1 is 1.00 bits per heavy atom. The van der Waals surface area contributed by atoms with Gasteiger partial charge < -0.3 is 0 Å². The van der Waals surface area contributed by atoms with Gasteiger partial charge in [0.2, 0.25) is 0 Å². The summed E-state index contributed by atoms with van der Waals surface area (Å²) in [6.45, 7) is 2.12. The SMILES string of the molecule is Cc1ccc(/C=C/c2ccc(Cl)cc2)s1. The van der Waals surface area contributed by atoms with Crippen LogP contribution in [0.5, 0.6) is 0 Å². The lowest BCUT2D eigenvalue weighted by atomic mass is 10.2. The number of rotatable bonds is 2. The van der Waals surface area contributed by atoms with Gasteiger partial charge in [-0.15, -0.1) is 11.3 Å². The molecule has 0 aliphatic rings. The Labute approximate surface area is 98.8 Å². The third-order valence-electron chi connectivity index (χ3n) is 2.07. The lowest BCUT2D eigenvalue weighted by Gasteiger charge is -1.92. The summed E-state index contributed by atoms with van der Waals surface area (Å²) in [5.74, 6) is 0. The maximum atomic E-state index is 5.81. The average molecular weight is 235 g/mol. The van der Waals surface area contributed by atoms with Gasteiger partial charge in [0.25, 0.3) is 0 Å². The second-order valence-corrected chi connectivity index (χ2v) is 5.09. The standard InChI is InChI=1S/C13H11ClS/c1-10-2-8-13(15-10)9-5-11-3-6-12(14)7-4-11/h2-9H,1H3/b9-5+. The van der Waals surface area contributed by atoms with E-state index in [2.05, 4.69) is 31.2 Å². The predicted octanol–water partition coefficient (Wildman–Crippen LogP) is 4.88. The van der Waals surface area contributed by atoms with E-state index in [0.717, 1.165) is 5.02 Å². The minimum absolute atomic E-state index is 0.777. The zero-order valence-electron chi connectivity index (χ0n) is 8.41. The molecule has 0 bridgehead atoms. The second-order valence-electron chi connectivity index (χ2n) is 3.33. The van der Waals surface area contributed by atoms with Crippen LogP contribution in [0.2, 0.25) is 5.02 Å². The first-order valence-electron chi connectivity index (χ1n) is 4.74. The number of halogens is 1. The number of thiophene rings is 1. The van der Waals surface area contributed by atoms with Crippen LogP contribution in [0.3, 0.4) is 0 Å². The Balaban J connectivity index is 2.14. The first-order valence-corrected chi connectivity index (χ1v) is 5.93. The van der Waals surface area contributed by atoms with Gasteiger partial charge in [0.1, 0.15) is 0 Å². The number of hydrogen-bond acceptors (Lipinski definition) is 1. The van der Waals surface area contributed by atoms with Gasteiger partial charge in [-0.25, -0.2) is 0 Å². The van der Waals surface area contributed by atoms with Gasteiger partial charge in [0.05, 0.1) is 0 Å². The van der Waals surface area contributed by atoms with Crippen molar-refractivity contribution in [3.05, 3.63) is 56.7 Å². The van der Waals surface area contributed by atoms with Crippen molar-refractivity contribution >= 4 is 35.1 Å². The number of benzene rings is 1. The summed E-state index contributed by atoms with van der Waals surface area (Å²) < 4.78 is 0. The van der Waals surface area contributed by atoms with Crippen molar-refractivity contribution in [2.75, 3.05) is 0 Å². The Kier molecular flexibility index (Phi) is 3.24. The quantitative estimate of drug-likeness (QED) is 0.695. The van der Waals surface area contributed by atoms with E-state index < -0.39 is 0 Å². The third-order valence-corrected chi connectivity index (χ3v) is 3.29. The molecule has 0 amide bonds. The fourth-order valence-corrected chi connectivity index (χ4v) is 2.20. The summed E-state index contributed by atoms with van der Waals surface area (Å²) in [5, 5.41) is 0.777. The first kappa shape index (κ1) is 10.5. The zero-order valence-corrected chi connectivity index (χ0v) is 9.98. The highest BCUT2D eigenvalue weighted by atomic mass is 35.5. The van der Waals surface area contributed by atoms with Gasteiger partial charge in [-0.05, 0) is 42.8 Å². The van der Waals surface area contributed by atoms with Crippen LogP contribution in [-0.2, 0) is 0 Å². The summed E-state index contributed by atoms with van der Waals surface area (Å²) in [4.78, 5) is 2.62. The molecule has 2 aromatic rings. The van der Waals surface area contributed by atoms with E-state index in [1.807, 2.05) is 24.3 Å². The normalized spacial score (nSPS) is 11.1. The van der Waals surface area contributed by atoms with Crippen molar-refractivity contribution in [3.8, 4) is 0 Å². The Hall–Kier alpha value is -1.05. The maximum absolute atomic E-state index is 5.81. The van der Waals surface area contributed by atoms with Crippen LogP contribution in [0.15, 0.2) is 36.4 Å². The van der Waals surface area contributed by atoms with Gasteiger partial charge in [0.15, 0.2) is 0 Å². The summed E-state index contributed by atoms with van der Waals surface area (Å²) in [6.07, 6.45) is 4.22. The summed E-state index contributed by atoms with van der Waals surface area (Å²) >= 11 is 7.61. The first-order chi connectivity index (χ1) is 7.24. The highest BCUT2D eigenvalue weighted by molar-refractivity contribution is 7.12. The highest BCUT2D eigenvalue weighted by Crippen LogP contribution is 2.18. The molecule has 2 rings (SSSR count). The third kappa shape index (κ3) is 2.95. The van der Waals surface area contributed by atoms with Crippen molar-refractivity contribution in [2.24, 2.45) is 0 Å². The minimum Gasteiger partial charge on any atom is -0.141 e. The molecule has 0 N–H and O–H groups in total. The van der Waals surface area contributed by atoms with E-state index in [1.54, 1.807) is 11.3 Å². The molecule has 0 saturated carbocycles. The molecule has 0 saturated heterocycles. The van der Waals surface area contributed by atoms with Crippen molar-refractivity contribution in [2.45, 2.75) is 6.92 Å². The Morgan fingerprint density at radius 3 is 2.33 bits per heavy atom. The van der Waals surface area contributed by atoms with Crippen LogP contribution < -0.4 is 0 Å². The molecule has 1 aromatic carbocycles. The minimum atomic E-state index is 0.777. The molecule has 0 aliphatic heterocycles. The van der Waals surface area contributed by atoms with Crippen LogP contribution in [0.1, 0.15) is 15.3 Å². The molecule has 1 aromatic heterocycles. The van der Waals surface area contributed by atoms with Gasteiger partial charge in [-0.1, -0.05) is 29.8 Å². The molecule has 0 unspecified atom stereocenters. The van der Waals surface area contributed by atoms with Gasteiger partial charge >= 0.3 is 0 Å². The van der Waals surface area contributed by atoms with Crippen molar-refractivity contribution in [3.63, 3.8) is 0 Å². The monoisotopic (exact) mass is 234 g/mol. The molecule has 0 radical (unpaired) electrons. The zero-order chi connectivity index (χ0) is 10.7. The Bertz CT molecular complexity index is 466. The van der Waals surface area contributed by atoms with E-state index in [4.69, 9.17) is 11.6 Å². The summed E-state index contributed by atoms with van der Waals surface area (Å²) in [7, 11) is 0. The molecule has 15 heavy (non-hydrogen) atoms. The lowest BCUT2D eigenvalue weighted by molar-refractivity contribution is 1.64. The van der Waals surface area contributed by atoms with Crippen LogP contribution in [0.25, 0.3) is 12.2 Å². The highest BCUT2D eigenvalue weighted by Gasteiger charge is 1.91. The molecular weight excluding hydrogens is 224 g/mol. The molecule has 0 atom stereocenters. The largest absolute Gasteiger partial charge is 0.141 e. The number of hydrogen-bond donors (Lipinski definition) is 0. The van der Waals surface area contributed by atoms with Crippen molar-refractivity contribution < 1.29 is 0 Å². The molecule has 0 fully saturated rings. The van der Waals surface area contributed by atoms with E-state index in [1.165, 1.54) is 15.3 Å². The predicted molar refractivity (Wildman–Crippen MR) is 69.4 cm³/mol. The van der Waals surface area contributed by atoms with E-state index in [0.29, 0.717) is 0 Å². The molecule has 0 nitrogen and oxygen atoms in total. The van der Waals surface area contributed by atoms with Crippen molar-refractivity contribution in [1.29, 1.82) is 0 Å². The van der Waals surface area contributed by atoms with E-state index in [-0.39, 0.29) is 0 Å². The van der Waals surface area contributed by atoms with Gasteiger partial charge in [0, 0.05) is 14.8 Å². The second kappa shape index (κ2) is 4.65. The molecular formula is C13H11ClS. The summed E-state index contributed by atoms with van der Waals surface area (Å²) in [5.41, 5.74) is 1.17. The van der Waals surface area contributed by atoms with Crippen molar-refractivity contribution in [1.82, 2.24) is 0 Å². The topological polar surface area (TPSA) is 0 Å². The molecule has 76 valence electrons. The van der Waals surface area contributed by atoms with E-state index >= 15 is 0 Å². The molecule has 0 aliphatic carbocycles. The fraction of sp³-hybridized carbons (Fsp3) is 0.0769. The molecule has 1 heterocycles. The van der Waals surface area contributed by atoms with Gasteiger partial charge in [-0.3, -0.25) is 0 Å². The smallest absolute Gasteiger partial charge is 0.0406 e. The van der Waals surface area contributed by atoms with E-state index in [9.17, 15) is 0 Å². The van der Waals surface area contributed by atoms with Crippen LogP contribution in [0, 0.1) is 6.92 Å². The lowest BCUT2D eigenvalue weighted by Crippen LogP contribution is -1.69. The fourth-order valence-electron chi connectivity index (χ4n) is 1.30. The molecule has 2 heteroatoms. The maximum Gasteiger partial charge on any atom is 0.0406 e. The average Bonchev–Trinajstić information content (AvgIpc) is 2.64. The summed E-state index contributed by atoms with van der Waals surface area (Å²) in [6, 6.07) is 12.1. The molecule has 0 spiro atoms. The van der Waals surface area contributed by atoms with Gasteiger partial charge in [-0.2, -0.15) is 0 Å². The van der Waals surface area contributed by atoms with Crippen LogP contribution in [0.4, 0.5) is 0 Å². The van der Waals surface area contributed by atoms with Crippen LogP contribution in [-0.4, -0.2) is 0 Å². The van der Waals surface area contributed by atoms with Crippen LogP contribution >= 0.6 is 22.9 Å².